The van der Waals surface area contributed by atoms with Crippen LogP contribution in [-0.4, -0.2) is 43.7 Å². The number of carbonyl (C=O) groups excluding carboxylic acids is 1. The number of anilines is 1. The molecule has 1 amide bonds. The predicted octanol–water partition coefficient (Wildman–Crippen LogP) is 1.87. The molecule has 0 bridgehead atoms. The Labute approximate surface area is 167 Å². The van der Waals surface area contributed by atoms with Crippen LogP contribution in [0.15, 0.2) is 35.7 Å². The van der Waals surface area contributed by atoms with Gasteiger partial charge in [0.25, 0.3) is 11.6 Å². The van der Waals surface area contributed by atoms with Crippen LogP contribution in [0.4, 0.5) is 11.4 Å². The quantitative estimate of drug-likeness (QED) is 0.490. The molecule has 28 heavy (non-hydrogen) atoms. The summed E-state index contributed by atoms with van der Waals surface area (Å²) in [5, 5.41) is 15.8. The molecule has 2 aromatic rings. The second-order valence-corrected chi connectivity index (χ2v) is 7.74. The van der Waals surface area contributed by atoms with Gasteiger partial charge in [0.1, 0.15) is 24.9 Å². The molecule has 0 spiro atoms. The van der Waals surface area contributed by atoms with Crippen LogP contribution in [0.5, 0.6) is 5.75 Å². The van der Waals surface area contributed by atoms with Gasteiger partial charge in [0, 0.05) is 12.7 Å². The molecule has 150 valence electrons. The summed E-state index contributed by atoms with van der Waals surface area (Å²) < 4.78 is 10.9. The van der Waals surface area contributed by atoms with E-state index in [1.54, 1.807) is 11.3 Å². The Morgan fingerprint density at radius 1 is 1.46 bits per heavy atom. The fraction of sp³-hybridized carbons (Fsp3) is 0.421. The molecule has 2 heterocycles. The fourth-order valence-electron chi connectivity index (χ4n) is 3.31. The third kappa shape index (κ3) is 5.51. The number of nitrogens with one attached hydrogen (secondary N) is 2. The standard InChI is InChI=1S/C19H23N3O5S/c1-26-18-10-14(22(24)25)6-7-17(18)20-19(23)13-21(11-15-4-2-8-27-15)12-16-5-3-9-28-16/h3,5-7,9-10,15H,2,4,8,11-13H2,1H3,(H,20,23)/p+1/t15-/m1/s1. The molecule has 1 aliphatic heterocycles. The van der Waals surface area contributed by atoms with Gasteiger partial charge in [-0.15, -0.1) is 11.3 Å². The molecule has 1 aliphatic rings. The van der Waals surface area contributed by atoms with Gasteiger partial charge in [0.2, 0.25) is 0 Å². The van der Waals surface area contributed by atoms with Gasteiger partial charge >= 0.3 is 0 Å². The van der Waals surface area contributed by atoms with Crippen LogP contribution in [0.25, 0.3) is 0 Å². The minimum absolute atomic E-state index is 0.0850. The van der Waals surface area contributed by atoms with Crippen molar-refractivity contribution in [3.8, 4) is 5.75 Å². The molecule has 8 nitrogen and oxygen atoms in total. The number of nitro benzene ring substituents is 1. The predicted molar refractivity (Wildman–Crippen MR) is 106 cm³/mol. The Balaban J connectivity index is 1.66. The molecule has 0 radical (unpaired) electrons. The highest BCUT2D eigenvalue weighted by molar-refractivity contribution is 7.09. The first-order chi connectivity index (χ1) is 13.5. The third-order valence-corrected chi connectivity index (χ3v) is 5.50. The van der Waals surface area contributed by atoms with E-state index in [0.29, 0.717) is 5.69 Å². The maximum absolute atomic E-state index is 12.7. The molecule has 1 saturated heterocycles. The number of nitrogens with zero attached hydrogens (tertiary/aromatic N) is 1. The highest BCUT2D eigenvalue weighted by Gasteiger charge is 2.25. The van der Waals surface area contributed by atoms with Gasteiger partial charge in [-0.1, -0.05) is 6.07 Å². The highest BCUT2D eigenvalue weighted by atomic mass is 32.1. The van der Waals surface area contributed by atoms with E-state index in [1.165, 1.54) is 30.2 Å². The van der Waals surface area contributed by atoms with Crippen LogP contribution in [0.2, 0.25) is 0 Å². The normalized spacial score (nSPS) is 17.2. The van der Waals surface area contributed by atoms with Crippen molar-refractivity contribution in [2.75, 3.05) is 32.1 Å². The number of amides is 1. The van der Waals surface area contributed by atoms with Crippen LogP contribution in [0.3, 0.4) is 0 Å². The van der Waals surface area contributed by atoms with Gasteiger partial charge in [-0.3, -0.25) is 14.9 Å². The first-order valence-corrected chi connectivity index (χ1v) is 10.0. The fourth-order valence-corrected chi connectivity index (χ4v) is 4.09. The van der Waals surface area contributed by atoms with Crippen molar-refractivity contribution in [2.45, 2.75) is 25.5 Å². The summed E-state index contributed by atoms with van der Waals surface area (Å²) in [5.74, 6) is 0.0955. The van der Waals surface area contributed by atoms with E-state index in [9.17, 15) is 14.9 Å². The molecule has 2 atom stereocenters. The Hall–Kier alpha value is -2.49. The Bertz CT molecular complexity index is 806. The van der Waals surface area contributed by atoms with Gasteiger partial charge in [-0.05, 0) is 30.4 Å². The smallest absolute Gasteiger partial charge is 0.279 e. The minimum atomic E-state index is -0.497. The lowest BCUT2D eigenvalue weighted by Gasteiger charge is -2.21. The van der Waals surface area contributed by atoms with Gasteiger partial charge in [-0.2, -0.15) is 0 Å². The molecule has 1 fully saturated rings. The summed E-state index contributed by atoms with van der Waals surface area (Å²) in [7, 11) is 1.42. The Morgan fingerprint density at radius 3 is 2.96 bits per heavy atom. The number of non-ortho nitro benzene ring substituents is 1. The second kappa shape index (κ2) is 9.63. The van der Waals surface area contributed by atoms with Crippen LogP contribution in [0.1, 0.15) is 17.7 Å². The lowest BCUT2D eigenvalue weighted by atomic mass is 10.2. The van der Waals surface area contributed by atoms with E-state index in [2.05, 4.69) is 11.4 Å². The second-order valence-electron chi connectivity index (χ2n) is 6.71. The van der Waals surface area contributed by atoms with Gasteiger partial charge in [0.05, 0.1) is 28.7 Å². The van der Waals surface area contributed by atoms with Crippen LogP contribution in [0, 0.1) is 10.1 Å². The zero-order valence-electron chi connectivity index (χ0n) is 15.7. The van der Waals surface area contributed by atoms with Crippen molar-refractivity contribution in [1.29, 1.82) is 0 Å². The average Bonchev–Trinajstić information content (AvgIpc) is 3.36. The van der Waals surface area contributed by atoms with Crippen molar-refractivity contribution < 1.29 is 24.1 Å². The maximum atomic E-state index is 12.7. The lowest BCUT2D eigenvalue weighted by molar-refractivity contribution is -0.908. The number of thiophene rings is 1. The number of hydrogen-bond donors (Lipinski definition) is 2. The van der Waals surface area contributed by atoms with Gasteiger partial charge in [0.15, 0.2) is 6.54 Å². The highest BCUT2D eigenvalue weighted by Crippen LogP contribution is 2.28. The molecule has 0 saturated carbocycles. The van der Waals surface area contributed by atoms with E-state index < -0.39 is 4.92 Å². The van der Waals surface area contributed by atoms with E-state index in [1.807, 2.05) is 11.4 Å². The van der Waals surface area contributed by atoms with Crippen LogP contribution >= 0.6 is 11.3 Å². The zero-order chi connectivity index (χ0) is 19.9. The van der Waals surface area contributed by atoms with Gasteiger partial charge in [-0.25, -0.2) is 0 Å². The first kappa shape index (κ1) is 20.2. The summed E-state index contributed by atoms with van der Waals surface area (Å²) >= 11 is 1.67. The largest absolute Gasteiger partial charge is 0.494 e. The van der Waals surface area contributed by atoms with Crippen molar-refractivity contribution >= 4 is 28.6 Å². The molecule has 1 unspecified atom stereocenters. The number of nitro groups is 1. The van der Waals surface area contributed by atoms with Crippen molar-refractivity contribution in [2.24, 2.45) is 0 Å². The van der Waals surface area contributed by atoms with E-state index in [0.717, 1.165) is 37.4 Å². The minimum Gasteiger partial charge on any atom is -0.494 e. The Morgan fingerprint density at radius 2 is 2.32 bits per heavy atom. The summed E-state index contributed by atoms with van der Waals surface area (Å²) in [5.41, 5.74) is 0.337. The van der Waals surface area contributed by atoms with Crippen molar-refractivity contribution in [3.05, 3.63) is 50.7 Å². The summed E-state index contributed by atoms with van der Waals surface area (Å²) in [6.45, 7) is 2.58. The third-order valence-electron chi connectivity index (χ3n) is 4.63. The van der Waals surface area contributed by atoms with Crippen LogP contribution in [-0.2, 0) is 16.1 Å². The zero-order valence-corrected chi connectivity index (χ0v) is 16.5. The number of quaternary nitrogens is 1. The molecule has 1 aromatic carbocycles. The number of hydrogen-bond acceptors (Lipinski definition) is 6. The van der Waals surface area contributed by atoms with E-state index in [-0.39, 0.29) is 30.0 Å². The monoisotopic (exact) mass is 406 g/mol. The molecule has 0 aliphatic carbocycles. The Kier molecular flexibility index (Phi) is 6.96. The van der Waals surface area contributed by atoms with Crippen molar-refractivity contribution in [1.82, 2.24) is 0 Å². The molecule has 9 heteroatoms. The SMILES string of the molecule is COc1cc([N+](=O)[O-])ccc1NC(=O)C[NH+](Cc1cccs1)C[C@H]1CCCO1. The summed E-state index contributed by atoms with van der Waals surface area (Å²) in [4.78, 5) is 25.4. The number of benzene rings is 1. The average molecular weight is 406 g/mol. The first-order valence-electron chi connectivity index (χ1n) is 9.15. The topological polar surface area (TPSA) is 95.1 Å². The molecule has 3 rings (SSSR count). The molecular formula is C19H24N3O5S+. The molecule has 1 aromatic heterocycles. The maximum Gasteiger partial charge on any atom is 0.279 e. The number of methoxy groups -OCH3 is 1. The van der Waals surface area contributed by atoms with E-state index >= 15 is 0 Å². The lowest BCUT2D eigenvalue weighted by Crippen LogP contribution is -3.12. The molecule has 2 N–H and O–H groups in total. The summed E-state index contributed by atoms with van der Waals surface area (Å²) in [6.07, 6.45) is 2.26. The summed E-state index contributed by atoms with van der Waals surface area (Å²) in [6, 6.07) is 8.22. The van der Waals surface area contributed by atoms with E-state index in [4.69, 9.17) is 9.47 Å². The van der Waals surface area contributed by atoms with Crippen molar-refractivity contribution in [3.63, 3.8) is 0 Å². The van der Waals surface area contributed by atoms with Crippen LogP contribution < -0.4 is 15.0 Å². The molecular weight excluding hydrogens is 382 g/mol. The van der Waals surface area contributed by atoms with Gasteiger partial charge < -0.3 is 19.7 Å². The number of ether oxygens (including phenoxy) is 2. The number of carbonyl (C=O) groups is 1. The number of rotatable bonds is 9.